The first-order chi connectivity index (χ1) is 9.65. The fourth-order valence-electron chi connectivity index (χ4n) is 2.88. The molecule has 20 heavy (non-hydrogen) atoms. The Morgan fingerprint density at radius 1 is 1.40 bits per heavy atom. The van der Waals surface area contributed by atoms with Gasteiger partial charge in [-0.25, -0.2) is 9.78 Å². The molecule has 0 spiro atoms. The number of carboxylic acids is 1. The SMILES string of the molecule is CC1CCc2c(C(=O)O)nc(Cc3ccccc3)n2C1. The van der Waals surface area contributed by atoms with E-state index in [1.54, 1.807) is 0 Å². The topological polar surface area (TPSA) is 55.1 Å². The number of carbonyl (C=O) groups is 1. The molecule has 2 aromatic rings. The van der Waals surface area contributed by atoms with E-state index in [2.05, 4.69) is 16.5 Å². The molecule has 1 N–H and O–H groups in total. The fraction of sp³-hybridized carbons (Fsp3) is 0.375. The molecule has 1 atom stereocenters. The summed E-state index contributed by atoms with van der Waals surface area (Å²) in [5, 5.41) is 9.31. The molecular formula is C16H18N2O2. The van der Waals surface area contributed by atoms with Crippen LogP contribution in [-0.4, -0.2) is 20.6 Å². The molecule has 1 aliphatic heterocycles. The van der Waals surface area contributed by atoms with Gasteiger partial charge in [-0.1, -0.05) is 37.3 Å². The van der Waals surface area contributed by atoms with Crippen molar-refractivity contribution in [1.29, 1.82) is 0 Å². The van der Waals surface area contributed by atoms with Gasteiger partial charge in [0.05, 0.1) is 5.69 Å². The van der Waals surface area contributed by atoms with Crippen LogP contribution in [0.1, 0.15) is 40.9 Å². The van der Waals surface area contributed by atoms with Crippen LogP contribution in [-0.2, 0) is 19.4 Å². The summed E-state index contributed by atoms with van der Waals surface area (Å²) in [7, 11) is 0. The lowest BCUT2D eigenvalue weighted by Gasteiger charge is -2.22. The van der Waals surface area contributed by atoms with Crippen LogP contribution < -0.4 is 0 Å². The van der Waals surface area contributed by atoms with Gasteiger partial charge in [-0.2, -0.15) is 0 Å². The third kappa shape index (κ3) is 2.33. The monoisotopic (exact) mass is 270 g/mol. The van der Waals surface area contributed by atoms with Gasteiger partial charge in [0.2, 0.25) is 0 Å². The molecule has 104 valence electrons. The summed E-state index contributed by atoms with van der Waals surface area (Å²) in [5.41, 5.74) is 2.29. The van der Waals surface area contributed by atoms with Gasteiger partial charge in [-0.15, -0.1) is 0 Å². The largest absolute Gasteiger partial charge is 0.476 e. The number of aromatic carboxylic acids is 1. The minimum Gasteiger partial charge on any atom is -0.476 e. The number of rotatable bonds is 3. The highest BCUT2D eigenvalue weighted by atomic mass is 16.4. The normalized spacial score (nSPS) is 17.8. The lowest BCUT2D eigenvalue weighted by molar-refractivity contribution is 0.0689. The summed E-state index contributed by atoms with van der Waals surface area (Å²) >= 11 is 0. The predicted molar refractivity (Wildman–Crippen MR) is 75.9 cm³/mol. The van der Waals surface area contributed by atoms with Crippen LogP contribution in [0.25, 0.3) is 0 Å². The van der Waals surface area contributed by atoms with E-state index in [4.69, 9.17) is 0 Å². The molecular weight excluding hydrogens is 252 g/mol. The average Bonchev–Trinajstić information content (AvgIpc) is 2.78. The number of imidazole rings is 1. The van der Waals surface area contributed by atoms with Gasteiger partial charge in [-0.05, 0) is 24.3 Å². The van der Waals surface area contributed by atoms with Crippen LogP contribution in [0.4, 0.5) is 0 Å². The summed E-state index contributed by atoms with van der Waals surface area (Å²) < 4.78 is 2.12. The number of hydrogen-bond donors (Lipinski definition) is 1. The molecule has 0 amide bonds. The van der Waals surface area contributed by atoms with Crippen LogP contribution in [0.15, 0.2) is 30.3 Å². The highest BCUT2D eigenvalue weighted by molar-refractivity contribution is 5.87. The third-order valence-corrected chi connectivity index (χ3v) is 3.93. The van der Waals surface area contributed by atoms with Crippen molar-refractivity contribution in [1.82, 2.24) is 9.55 Å². The summed E-state index contributed by atoms with van der Waals surface area (Å²) in [4.78, 5) is 15.7. The standard InChI is InChI=1S/C16H18N2O2/c1-11-7-8-13-15(16(19)20)17-14(18(13)10-11)9-12-5-3-2-4-6-12/h2-6,11H,7-10H2,1H3,(H,19,20). The molecule has 3 rings (SSSR count). The molecule has 1 aromatic carbocycles. The summed E-state index contributed by atoms with van der Waals surface area (Å²) in [5.74, 6) is 0.533. The van der Waals surface area contributed by atoms with Gasteiger partial charge >= 0.3 is 5.97 Å². The van der Waals surface area contributed by atoms with Crippen LogP contribution >= 0.6 is 0 Å². The van der Waals surface area contributed by atoms with E-state index in [9.17, 15) is 9.90 Å². The van der Waals surface area contributed by atoms with Gasteiger partial charge < -0.3 is 9.67 Å². The molecule has 1 aromatic heterocycles. The van der Waals surface area contributed by atoms with E-state index >= 15 is 0 Å². The molecule has 0 radical (unpaired) electrons. The van der Waals surface area contributed by atoms with E-state index in [1.165, 1.54) is 0 Å². The van der Waals surface area contributed by atoms with Crippen molar-refractivity contribution in [2.45, 2.75) is 32.7 Å². The first kappa shape index (κ1) is 12.9. The minimum atomic E-state index is -0.914. The molecule has 1 unspecified atom stereocenters. The molecule has 0 saturated heterocycles. The maximum Gasteiger partial charge on any atom is 0.356 e. The van der Waals surface area contributed by atoms with Crippen LogP contribution in [0.3, 0.4) is 0 Å². The second-order valence-electron chi connectivity index (χ2n) is 5.55. The maximum atomic E-state index is 11.3. The summed E-state index contributed by atoms with van der Waals surface area (Å²) in [6.45, 7) is 3.08. The van der Waals surface area contributed by atoms with Gasteiger partial charge in [-0.3, -0.25) is 0 Å². The molecule has 1 aliphatic rings. The summed E-state index contributed by atoms with van der Waals surface area (Å²) in [6, 6.07) is 10.1. The molecule has 0 saturated carbocycles. The number of aromatic nitrogens is 2. The Kier molecular flexibility index (Phi) is 3.30. The van der Waals surface area contributed by atoms with Crippen molar-refractivity contribution in [3.8, 4) is 0 Å². The van der Waals surface area contributed by atoms with Crippen LogP contribution in [0, 0.1) is 5.92 Å². The zero-order valence-electron chi connectivity index (χ0n) is 11.5. The van der Waals surface area contributed by atoms with Gasteiger partial charge in [0.25, 0.3) is 0 Å². The maximum absolute atomic E-state index is 11.3. The molecule has 0 fully saturated rings. The Morgan fingerprint density at radius 3 is 2.85 bits per heavy atom. The van der Waals surface area contributed by atoms with Gasteiger partial charge in [0.15, 0.2) is 5.69 Å². The van der Waals surface area contributed by atoms with Crippen molar-refractivity contribution in [3.63, 3.8) is 0 Å². The lowest BCUT2D eigenvalue weighted by Crippen LogP contribution is -2.20. The average molecular weight is 270 g/mol. The van der Waals surface area contributed by atoms with Gasteiger partial charge in [0, 0.05) is 13.0 Å². The highest BCUT2D eigenvalue weighted by Gasteiger charge is 2.26. The van der Waals surface area contributed by atoms with Crippen molar-refractivity contribution in [2.75, 3.05) is 0 Å². The Bertz CT molecular complexity index is 631. The van der Waals surface area contributed by atoms with E-state index in [0.717, 1.165) is 36.5 Å². The minimum absolute atomic E-state index is 0.239. The first-order valence-corrected chi connectivity index (χ1v) is 7.00. The Labute approximate surface area is 118 Å². The fourth-order valence-corrected chi connectivity index (χ4v) is 2.88. The van der Waals surface area contributed by atoms with Crippen molar-refractivity contribution < 1.29 is 9.90 Å². The smallest absolute Gasteiger partial charge is 0.356 e. The zero-order valence-corrected chi connectivity index (χ0v) is 11.5. The van der Waals surface area contributed by atoms with E-state index < -0.39 is 5.97 Å². The van der Waals surface area contributed by atoms with Gasteiger partial charge in [0.1, 0.15) is 5.82 Å². The predicted octanol–water partition coefficient (Wildman–Crippen LogP) is 2.75. The lowest BCUT2D eigenvalue weighted by atomic mass is 9.99. The summed E-state index contributed by atoms with van der Waals surface area (Å²) in [6.07, 6.45) is 2.54. The number of benzene rings is 1. The second kappa shape index (κ2) is 5.12. The number of carboxylic acid groups (broad SMARTS) is 1. The Hall–Kier alpha value is -2.10. The Balaban J connectivity index is 2.00. The Morgan fingerprint density at radius 2 is 2.15 bits per heavy atom. The number of hydrogen-bond acceptors (Lipinski definition) is 2. The van der Waals surface area contributed by atoms with E-state index in [1.807, 2.05) is 30.3 Å². The van der Waals surface area contributed by atoms with E-state index in [-0.39, 0.29) is 5.69 Å². The second-order valence-corrected chi connectivity index (χ2v) is 5.55. The highest BCUT2D eigenvalue weighted by Crippen LogP contribution is 2.25. The van der Waals surface area contributed by atoms with Crippen LogP contribution in [0.2, 0.25) is 0 Å². The third-order valence-electron chi connectivity index (χ3n) is 3.93. The molecule has 0 bridgehead atoms. The van der Waals surface area contributed by atoms with Crippen molar-refractivity contribution in [3.05, 3.63) is 53.1 Å². The molecule has 4 heteroatoms. The van der Waals surface area contributed by atoms with E-state index in [0.29, 0.717) is 12.3 Å². The number of nitrogens with zero attached hydrogens (tertiary/aromatic N) is 2. The first-order valence-electron chi connectivity index (χ1n) is 7.00. The van der Waals surface area contributed by atoms with Crippen LogP contribution in [0.5, 0.6) is 0 Å². The van der Waals surface area contributed by atoms with Crippen molar-refractivity contribution in [2.24, 2.45) is 5.92 Å². The quantitative estimate of drug-likeness (QED) is 0.933. The zero-order chi connectivity index (χ0) is 14.1. The molecule has 2 heterocycles. The molecule has 4 nitrogen and oxygen atoms in total. The molecule has 0 aliphatic carbocycles. The number of fused-ring (bicyclic) bond motifs is 1. The van der Waals surface area contributed by atoms with Crippen molar-refractivity contribution >= 4 is 5.97 Å².